The van der Waals surface area contributed by atoms with Crippen LogP contribution < -0.4 is 5.32 Å². The quantitative estimate of drug-likeness (QED) is 0.541. The zero-order chi connectivity index (χ0) is 21.4. The van der Waals surface area contributed by atoms with Gasteiger partial charge in [-0.3, -0.25) is 9.59 Å². The van der Waals surface area contributed by atoms with Crippen LogP contribution in [0, 0.1) is 0 Å². The molecule has 2 aromatic carbocycles. The molecule has 0 saturated heterocycles. The van der Waals surface area contributed by atoms with Crippen molar-refractivity contribution in [3.63, 3.8) is 0 Å². The van der Waals surface area contributed by atoms with Crippen LogP contribution in [-0.2, 0) is 22.6 Å². The summed E-state index contributed by atoms with van der Waals surface area (Å²) in [4.78, 5) is 27.5. The van der Waals surface area contributed by atoms with Gasteiger partial charge in [-0.15, -0.1) is 0 Å². The Morgan fingerprint density at radius 1 is 1.00 bits per heavy atom. The molecule has 0 spiro atoms. The predicted octanol–water partition coefficient (Wildman–Crippen LogP) is 5.52. The first-order chi connectivity index (χ1) is 13.8. The topological polar surface area (TPSA) is 49.4 Å². The fraction of sp³-hybridized carbons (Fsp3) is 0.364. The SMILES string of the molecule is CCCNC(=O)[C@@H](CC)N(Cc1ccc(Cl)c(Cl)c1)C(=O)Cc1cccc(Cl)c1. The van der Waals surface area contributed by atoms with Crippen LogP contribution in [0.5, 0.6) is 0 Å². The van der Waals surface area contributed by atoms with E-state index < -0.39 is 6.04 Å². The Hall–Kier alpha value is -1.75. The molecule has 29 heavy (non-hydrogen) atoms. The highest BCUT2D eigenvalue weighted by Crippen LogP contribution is 2.24. The predicted molar refractivity (Wildman–Crippen MR) is 120 cm³/mol. The summed E-state index contributed by atoms with van der Waals surface area (Å²) in [6.07, 6.45) is 1.48. The number of nitrogens with one attached hydrogen (secondary N) is 1. The van der Waals surface area contributed by atoms with E-state index in [4.69, 9.17) is 34.8 Å². The standard InChI is InChI=1S/C22H25Cl3N2O2/c1-3-10-26-22(29)20(4-2)27(14-16-8-9-18(24)19(25)12-16)21(28)13-15-6-5-7-17(23)11-15/h5-9,11-12,20H,3-4,10,13-14H2,1-2H3,(H,26,29)/t20-/m1/s1. The van der Waals surface area contributed by atoms with Gasteiger partial charge >= 0.3 is 0 Å². The molecule has 0 aromatic heterocycles. The molecule has 0 aliphatic heterocycles. The van der Waals surface area contributed by atoms with E-state index >= 15 is 0 Å². The molecular formula is C22H25Cl3N2O2. The molecule has 0 bridgehead atoms. The van der Waals surface area contributed by atoms with E-state index in [0.29, 0.717) is 28.0 Å². The van der Waals surface area contributed by atoms with Crippen molar-refractivity contribution in [3.05, 3.63) is 68.7 Å². The number of hydrogen-bond donors (Lipinski definition) is 1. The van der Waals surface area contributed by atoms with Gasteiger partial charge in [-0.2, -0.15) is 0 Å². The van der Waals surface area contributed by atoms with Crippen LogP contribution >= 0.6 is 34.8 Å². The summed E-state index contributed by atoms with van der Waals surface area (Å²) in [5.41, 5.74) is 1.60. The first kappa shape index (κ1) is 23.5. The summed E-state index contributed by atoms with van der Waals surface area (Å²) in [5.74, 6) is -0.314. The highest BCUT2D eigenvalue weighted by molar-refractivity contribution is 6.42. The van der Waals surface area contributed by atoms with Crippen molar-refractivity contribution in [2.45, 2.75) is 45.7 Å². The Balaban J connectivity index is 2.30. The number of halogens is 3. The lowest BCUT2D eigenvalue weighted by Crippen LogP contribution is -2.49. The third-order valence-electron chi connectivity index (χ3n) is 4.52. The summed E-state index contributed by atoms with van der Waals surface area (Å²) < 4.78 is 0. The summed E-state index contributed by atoms with van der Waals surface area (Å²) >= 11 is 18.2. The third kappa shape index (κ3) is 6.91. The molecular weight excluding hydrogens is 431 g/mol. The van der Waals surface area contributed by atoms with E-state index in [2.05, 4.69) is 5.32 Å². The second-order valence-corrected chi connectivity index (χ2v) is 8.04. The first-order valence-electron chi connectivity index (χ1n) is 9.61. The lowest BCUT2D eigenvalue weighted by atomic mass is 10.1. The van der Waals surface area contributed by atoms with Crippen LogP contribution in [0.25, 0.3) is 0 Å². The number of rotatable bonds is 9. The maximum Gasteiger partial charge on any atom is 0.242 e. The molecule has 0 aliphatic rings. The van der Waals surface area contributed by atoms with Crippen molar-refractivity contribution < 1.29 is 9.59 Å². The number of hydrogen-bond acceptors (Lipinski definition) is 2. The van der Waals surface area contributed by atoms with Gasteiger partial charge < -0.3 is 10.2 Å². The van der Waals surface area contributed by atoms with Crippen LogP contribution in [0.4, 0.5) is 0 Å². The molecule has 0 heterocycles. The smallest absolute Gasteiger partial charge is 0.242 e. The molecule has 1 atom stereocenters. The maximum absolute atomic E-state index is 13.2. The van der Waals surface area contributed by atoms with Crippen LogP contribution in [-0.4, -0.2) is 29.3 Å². The van der Waals surface area contributed by atoms with Crippen LogP contribution in [0.1, 0.15) is 37.8 Å². The molecule has 2 rings (SSSR count). The Kier molecular flexibility index (Phi) is 9.28. The van der Waals surface area contributed by atoms with Gasteiger partial charge in [0.1, 0.15) is 6.04 Å². The van der Waals surface area contributed by atoms with Crippen molar-refractivity contribution in [1.29, 1.82) is 0 Å². The van der Waals surface area contributed by atoms with Gasteiger partial charge in [0.2, 0.25) is 11.8 Å². The highest BCUT2D eigenvalue weighted by Gasteiger charge is 2.28. The summed E-state index contributed by atoms with van der Waals surface area (Å²) in [6, 6.07) is 11.8. The molecule has 0 unspecified atom stereocenters. The van der Waals surface area contributed by atoms with Gasteiger partial charge in [0.25, 0.3) is 0 Å². The van der Waals surface area contributed by atoms with Crippen LogP contribution in [0.15, 0.2) is 42.5 Å². The summed E-state index contributed by atoms with van der Waals surface area (Å²) in [5, 5.41) is 4.32. The van der Waals surface area contributed by atoms with Crippen LogP contribution in [0.3, 0.4) is 0 Å². The van der Waals surface area contributed by atoms with Crippen molar-refractivity contribution in [1.82, 2.24) is 10.2 Å². The lowest BCUT2D eigenvalue weighted by Gasteiger charge is -2.31. The summed E-state index contributed by atoms with van der Waals surface area (Å²) in [7, 11) is 0. The van der Waals surface area contributed by atoms with Crippen LogP contribution in [0.2, 0.25) is 15.1 Å². The number of carbonyl (C=O) groups is 2. The number of carbonyl (C=O) groups excluding carboxylic acids is 2. The molecule has 1 N–H and O–H groups in total. The van der Waals surface area contributed by atoms with Gasteiger partial charge in [-0.25, -0.2) is 0 Å². The molecule has 0 radical (unpaired) electrons. The molecule has 2 amide bonds. The normalized spacial score (nSPS) is 11.8. The minimum Gasteiger partial charge on any atom is -0.354 e. The Labute approximate surface area is 187 Å². The number of nitrogens with zero attached hydrogens (tertiary/aromatic N) is 1. The van der Waals surface area contributed by atoms with Crippen molar-refractivity contribution in [3.8, 4) is 0 Å². The summed E-state index contributed by atoms with van der Waals surface area (Å²) in [6.45, 7) is 4.70. The fourth-order valence-electron chi connectivity index (χ4n) is 3.04. The highest BCUT2D eigenvalue weighted by atomic mass is 35.5. The van der Waals surface area contributed by atoms with Crippen molar-refractivity contribution in [2.75, 3.05) is 6.54 Å². The minimum absolute atomic E-state index is 0.152. The van der Waals surface area contributed by atoms with E-state index in [1.807, 2.05) is 26.0 Å². The van der Waals surface area contributed by atoms with Gasteiger partial charge in [-0.1, -0.05) is 66.8 Å². The zero-order valence-corrected chi connectivity index (χ0v) is 18.8. The maximum atomic E-state index is 13.2. The second-order valence-electron chi connectivity index (χ2n) is 6.79. The monoisotopic (exact) mass is 454 g/mol. The average molecular weight is 456 g/mol. The van der Waals surface area contributed by atoms with E-state index in [1.165, 1.54) is 0 Å². The second kappa shape index (κ2) is 11.4. The average Bonchev–Trinajstić information content (AvgIpc) is 2.68. The van der Waals surface area contributed by atoms with Gasteiger partial charge in [0, 0.05) is 18.1 Å². The minimum atomic E-state index is -0.581. The van der Waals surface area contributed by atoms with E-state index in [0.717, 1.165) is 17.5 Å². The Morgan fingerprint density at radius 2 is 1.76 bits per heavy atom. The molecule has 0 aliphatic carbocycles. The largest absolute Gasteiger partial charge is 0.354 e. The lowest BCUT2D eigenvalue weighted by molar-refractivity contribution is -0.140. The Morgan fingerprint density at radius 3 is 2.38 bits per heavy atom. The van der Waals surface area contributed by atoms with Gasteiger partial charge in [0.05, 0.1) is 16.5 Å². The molecule has 4 nitrogen and oxygen atoms in total. The van der Waals surface area contributed by atoms with Gasteiger partial charge in [-0.05, 0) is 48.2 Å². The molecule has 0 fully saturated rings. The number of benzene rings is 2. The molecule has 7 heteroatoms. The third-order valence-corrected chi connectivity index (χ3v) is 5.49. The van der Waals surface area contributed by atoms with E-state index in [9.17, 15) is 9.59 Å². The number of amides is 2. The molecule has 2 aromatic rings. The zero-order valence-electron chi connectivity index (χ0n) is 16.6. The van der Waals surface area contributed by atoms with Crippen molar-refractivity contribution >= 4 is 46.6 Å². The Bertz CT molecular complexity index is 858. The molecule has 0 saturated carbocycles. The fourth-order valence-corrected chi connectivity index (χ4v) is 3.58. The van der Waals surface area contributed by atoms with Crippen molar-refractivity contribution in [2.24, 2.45) is 0 Å². The van der Waals surface area contributed by atoms with Gasteiger partial charge in [0.15, 0.2) is 0 Å². The molecule has 156 valence electrons. The van der Waals surface area contributed by atoms with E-state index in [1.54, 1.807) is 35.2 Å². The first-order valence-corrected chi connectivity index (χ1v) is 10.7. The van der Waals surface area contributed by atoms with E-state index in [-0.39, 0.29) is 24.8 Å².